The van der Waals surface area contributed by atoms with Crippen molar-refractivity contribution >= 4 is 22.0 Å². The van der Waals surface area contributed by atoms with Crippen LogP contribution in [0.4, 0.5) is 9.52 Å². The van der Waals surface area contributed by atoms with Crippen molar-refractivity contribution in [1.29, 1.82) is 0 Å². The molecule has 0 amide bonds. The van der Waals surface area contributed by atoms with Gasteiger partial charge in [-0.3, -0.25) is 0 Å². The van der Waals surface area contributed by atoms with Crippen molar-refractivity contribution in [1.82, 2.24) is 15.5 Å². The Labute approximate surface area is 160 Å². The van der Waals surface area contributed by atoms with Crippen molar-refractivity contribution in [3.05, 3.63) is 35.1 Å². The molecule has 0 atom stereocenters. The molecular formula is C20H31FN4S. The van der Waals surface area contributed by atoms with Gasteiger partial charge >= 0.3 is 0 Å². The van der Waals surface area contributed by atoms with E-state index in [9.17, 15) is 4.39 Å². The summed E-state index contributed by atoms with van der Waals surface area (Å²) in [6.07, 6.45) is 5.03. The lowest BCUT2D eigenvalue weighted by atomic mass is 9.79. The third-order valence-electron chi connectivity index (χ3n) is 4.54. The Morgan fingerprint density at radius 3 is 2.31 bits per heavy atom. The van der Waals surface area contributed by atoms with Crippen LogP contribution in [0, 0.1) is 0 Å². The van der Waals surface area contributed by atoms with Crippen LogP contribution in [0.1, 0.15) is 59.4 Å². The summed E-state index contributed by atoms with van der Waals surface area (Å²) >= 11 is 1.41. The number of aromatic nitrogens is 2. The number of nitrogens with one attached hydrogen (secondary N) is 1. The first-order valence-corrected chi connectivity index (χ1v) is 9.79. The highest BCUT2D eigenvalue weighted by atomic mass is 32.1. The number of nitrogens with zero attached hydrogens (tertiary/aromatic N) is 3. The van der Waals surface area contributed by atoms with Gasteiger partial charge in [0.05, 0.1) is 0 Å². The maximum atomic E-state index is 14.4. The van der Waals surface area contributed by atoms with Crippen LogP contribution in [0.15, 0.2) is 30.1 Å². The lowest BCUT2D eigenvalue weighted by molar-refractivity contribution is 0.161. The second-order valence-corrected chi connectivity index (χ2v) is 9.60. The van der Waals surface area contributed by atoms with Gasteiger partial charge in [0, 0.05) is 29.7 Å². The van der Waals surface area contributed by atoms with Gasteiger partial charge in [-0.1, -0.05) is 29.6 Å². The summed E-state index contributed by atoms with van der Waals surface area (Å²) in [5.74, 6) is -0.325. The maximum Gasteiger partial charge on any atom is 0.208 e. The molecule has 1 aliphatic rings. The summed E-state index contributed by atoms with van der Waals surface area (Å²) in [4.78, 5) is 2.19. The highest BCUT2D eigenvalue weighted by Crippen LogP contribution is 2.35. The predicted octanol–water partition coefficient (Wildman–Crippen LogP) is 5.12. The Hall–Kier alpha value is -1.53. The Kier molecular flexibility index (Phi) is 6.08. The van der Waals surface area contributed by atoms with Gasteiger partial charge in [-0.25, -0.2) is 4.39 Å². The molecule has 2 rings (SSSR count). The number of halogens is 1. The number of hydrogen-bond acceptors (Lipinski definition) is 5. The zero-order valence-electron chi connectivity index (χ0n) is 17.0. The normalized spacial score (nSPS) is 20.3. The molecule has 0 bridgehead atoms. The van der Waals surface area contributed by atoms with Crippen LogP contribution in [0.3, 0.4) is 0 Å². The smallest absolute Gasteiger partial charge is 0.208 e. The summed E-state index contributed by atoms with van der Waals surface area (Å²) in [5.41, 5.74) is 1.39. The molecule has 6 heteroatoms. The van der Waals surface area contributed by atoms with Crippen molar-refractivity contribution in [3.8, 4) is 0 Å². The molecule has 4 nitrogen and oxygen atoms in total. The summed E-state index contributed by atoms with van der Waals surface area (Å²) in [5, 5.41) is 13.6. The average Bonchev–Trinajstić information content (AvgIpc) is 2.92. The summed E-state index contributed by atoms with van der Waals surface area (Å²) in [6, 6.07) is 0.348. The minimum Gasteiger partial charge on any atom is -0.347 e. The molecule has 2 heterocycles. The third-order valence-corrected chi connectivity index (χ3v) is 5.59. The van der Waals surface area contributed by atoms with Crippen molar-refractivity contribution < 1.29 is 4.39 Å². The molecule has 1 fully saturated rings. The van der Waals surface area contributed by atoms with Crippen LogP contribution >= 0.6 is 11.3 Å². The molecule has 1 aromatic heterocycles. The van der Waals surface area contributed by atoms with E-state index in [-0.39, 0.29) is 16.9 Å². The zero-order valence-corrected chi connectivity index (χ0v) is 17.8. The first-order valence-electron chi connectivity index (χ1n) is 8.97. The van der Waals surface area contributed by atoms with Crippen molar-refractivity contribution in [3.63, 3.8) is 0 Å². The van der Waals surface area contributed by atoms with Crippen molar-refractivity contribution in [2.45, 2.75) is 71.5 Å². The number of allylic oxidation sites excluding steroid dienone is 5. The fourth-order valence-corrected chi connectivity index (χ4v) is 4.70. The Bertz CT molecular complexity index is 710. The van der Waals surface area contributed by atoms with E-state index in [2.05, 4.69) is 61.7 Å². The fourth-order valence-electron chi connectivity index (χ4n) is 3.78. The quantitative estimate of drug-likeness (QED) is 0.722. The highest BCUT2D eigenvalue weighted by molar-refractivity contribution is 7.16. The van der Waals surface area contributed by atoms with Crippen LogP contribution in [0.5, 0.6) is 0 Å². The standard InChI is InChI=1S/C20H31FN4S/c1-9-15(16(21)10-13(2)3)17-22-23-18(26-17)25(8)14-11-19(4,5)24-20(6,7)12-14/h9-10,14,24H,1,11-12H2,2-8H3/b16-15-. The van der Waals surface area contributed by atoms with E-state index >= 15 is 0 Å². The largest absolute Gasteiger partial charge is 0.347 e. The SMILES string of the molecule is C=C/C(=C(/F)C=C(C)C)c1nnc(N(C)C2CC(C)(C)NC(C)(C)C2)s1. The molecule has 0 spiro atoms. The third kappa shape index (κ3) is 5.01. The maximum absolute atomic E-state index is 14.4. The van der Waals surface area contributed by atoms with E-state index in [4.69, 9.17) is 0 Å². The van der Waals surface area contributed by atoms with Gasteiger partial charge in [-0.05, 0) is 60.5 Å². The number of rotatable bonds is 5. The van der Waals surface area contributed by atoms with Gasteiger partial charge in [-0.15, -0.1) is 10.2 Å². The van der Waals surface area contributed by atoms with Gasteiger partial charge < -0.3 is 10.2 Å². The second-order valence-electron chi connectivity index (χ2n) is 8.64. The van der Waals surface area contributed by atoms with Gasteiger partial charge in [0.1, 0.15) is 5.83 Å². The van der Waals surface area contributed by atoms with E-state index in [1.807, 2.05) is 13.8 Å². The van der Waals surface area contributed by atoms with Crippen LogP contribution in [-0.2, 0) is 0 Å². The molecule has 0 unspecified atom stereocenters. The van der Waals surface area contributed by atoms with Gasteiger partial charge in [0.25, 0.3) is 0 Å². The lowest BCUT2D eigenvalue weighted by Crippen LogP contribution is -2.61. The molecule has 1 saturated heterocycles. The van der Waals surface area contributed by atoms with Crippen LogP contribution in [0.2, 0.25) is 0 Å². The molecule has 1 aliphatic heterocycles. The van der Waals surface area contributed by atoms with Crippen LogP contribution in [-0.4, -0.2) is 34.4 Å². The van der Waals surface area contributed by atoms with Gasteiger partial charge in [0.15, 0.2) is 5.01 Å². The van der Waals surface area contributed by atoms with E-state index < -0.39 is 0 Å². The zero-order chi connectivity index (χ0) is 19.7. The summed E-state index contributed by atoms with van der Waals surface area (Å²) in [6.45, 7) is 16.4. The molecule has 0 aliphatic carbocycles. The molecule has 26 heavy (non-hydrogen) atoms. The monoisotopic (exact) mass is 378 g/mol. The topological polar surface area (TPSA) is 41.1 Å². The van der Waals surface area contributed by atoms with Crippen molar-refractivity contribution in [2.75, 3.05) is 11.9 Å². The molecule has 144 valence electrons. The van der Waals surface area contributed by atoms with E-state index in [0.29, 0.717) is 16.6 Å². The fraction of sp³-hybridized carbons (Fsp3) is 0.600. The van der Waals surface area contributed by atoms with Crippen molar-refractivity contribution in [2.24, 2.45) is 0 Å². The van der Waals surface area contributed by atoms with E-state index in [1.54, 1.807) is 0 Å². The minimum absolute atomic E-state index is 0.0515. The van der Waals surface area contributed by atoms with Crippen LogP contribution in [0.25, 0.3) is 5.57 Å². The van der Waals surface area contributed by atoms with Gasteiger partial charge in [0.2, 0.25) is 5.13 Å². The molecule has 1 aromatic rings. The molecule has 0 radical (unpaired) electrons. The molecule has 0 aromatic carbocycles. The molecule has 1 N–H and O–H groups in total. The number of hydrogen-bond donors (Lipinski definition) is 1. The predicted molar refractivity (Wildman–Crippen MR) is 110 cm³/mol. The Morgan fingerprint density at radius 1 is 1.23 bits per heavy atom. The second kappa shape index (κ2) is 7.61. The minimum atomic E-state index is -0.325. The molecule has 0 saturated carbocycles. The van der Waals surface area contributed by atoms with Crippen LogP contribution < -0.4 is 10.2 Å². The number of anilines is 1. The molecular weight excluding hydrogens is 347 g/mol. The summed E-state index contributed by atoms with van der Waals surface area (Å²) in [7, 11) is 2.05. The lowest BCUT2D eigenvalue weighted by Gasteiger charge is -2.48. The van der Waals surface area contributed by atoms with E-state index in [0.717, 1.165) is 23.5 Å². The van der Waals surface area contributed by atoms with E-state index in [1.165, 1.54) is 23.5 Å². The first-order chi connectivity index (χ1) is 11.9. The highest BCUT2D eigenvalue weighted by Gasteiger charge is 2.39. The first kappa shape index (κ1) is 20.8. The Morgan fingerprint density at radius 2 is 1.81 bits per heavy atom. The average molecular weight is 379 g/mol. The number of piperidine rings is 1. The summed E-state index contributed by atoms with van der Waals surface area (Å²) < 4.78 is 14.4. The Balaban J connectivity index is 2.29. The van der Waals surface area contributed by atoms with Gasteiger partial charge in [-0.2, -0.15) is 0 Å².